The number of ether oxygens (including phenoxy) is 1. The Bertz CT molecular complexity index is 367. The van der Waals surface area contributed by atoms with E-state index in [0.29, 0.717) is 19.6 Å². The first kappa shape index (κ1) is 14.2. The standard InChI is InChI=1S/C11H22N2O4S/c1-18(15,16)12-9-3-2-4-10(11(9)14)13-5-7-17-8-6-13/h9-12,14H,2-8H2,1H3. The summed E-state index contributed by atoms with van der Waals surface area (Å²) in [7, 11) is -3.26. The molecule has 1 aliphatic heterocycles. The van der Waals surface area contributed by atoms with Gasteiger partial charge in [-0.05, 0) is 12.8 Å². The maximum atomic E-state index is 11.3. The van der Waals surface area contributed by atoms with Crippen LogP contribution in [0.4, 0.5) is 0 Å². The number of hydrogen-bond acceptors (Lipinski definition) is 5. The third kappa shape index (κ3) is 3.64. The quantitative estimate of drug-likeness (QED) is 0.703. The molecule has 2 rings (SSSR count). The first-order valence-corrected chi connectivity index (χ1v) is 8.34. The molecule has 1 heterocycles. The summed E-state index contributed by atoms with van der Waals surface area (Å²) in [5.74, 6) is 0. The van der Waals surface area contributed by atoms with Crippen LogP contribution in [0.15, 0.2) is 0 Å². The molecule has 1 aliphatic carbocycles. The van der Waals surface area contributed by atoms with Crippen molar-refractivity contribution in [3.8, 4) is 0 Å². The molecular weight excluding hydrogens is 256 g/mol. The van der Waals surface area contributed by atoms with Gasteiger partial charge in [0, 0.05) is 25.2 Å². The summed E-state index contributed by atoms with van der Waals surface area (Å²) in [4.78, 5) is 2.21. The number of nitrogens with zero attached hydrogens (tertiary/aromatic N) is 1. The van der Waals surface area contributed by atoms with Crippen molar-refractivity contribution in [2.24, 2.45) is 0 Å². The fraction of sp³-hybridized carbons (Fsp3) is 1.00. The van der Waals surface area contributed by atoms with Crippen molar-refractivity contribution in [3.05, 3.63) is 0 Å². The summed E-state index contributed by atoms with van der Waals surface area (Å²) >= 11 is 0. The molecular formula is C11H22N2O4S. The molecule has 106 valence electrons. The van der Waals surface area contributed by atoms with E-state index in [1.54, 1.807) is 0 Å². The van der Waals surface area contributed by atoms with Crippen LogP contribution in [0.25, 0.3) is 0 Å². The van der Waals surface area contributed by atoms with Crippen molar-refractivity contribution in [2.75, 3.05) is 32.6 Å². The summed E-state index contributed by atoms with van der Waals surface area (Å²) in [6, 6.07) is -0.316. The van der Waals surface area contributed by atoms with Gasteiger partial charge in [0.15, 0.2) is 0 Å². The van der Waals surface area contributed by atoms with Crippen molar-refractivity contribution in [2.45, 2.75) is 37.5 Å². The summed E-state index contributed by atoms with van der Waals surface area (Å²) in [5, 5.41) is 10.3. The van der Waals surface area contributed by atoms with Crippen molar-refractivity contribution < 1.29 is 18.3 Å². The van der Waals surface area contributed by atoms with Gasteiger partial charge < -0.3 is 9.84 Å². The molecule has 0 spiro atoms. The highest BCUT2D eigenvalue weighted by atomic mass is 32.2. The number of sulfonamides is 1. The average molecular weight is 278 g/mol. The molecule has 0 amide bonds. The fourth-order valence-corrected chi connectivity index (χ4v) is 3.68. The molecule has 7 heteroatoms. The lowest BCUT2D eigenvalue weighted by atomic mass is 9.87. The lowest BCUT2D eigenvalue weighted by molar-refractivity contribution is -0.0441. The molecule has 0 radical (unpaired) electrons. The second-order valence-corrected chi connectivity index (χ2v) is 6.91. The maximum absolute atomic E-state index is 11.3. The number of rotatable bonds is 3. The average Bonchev–Trinajstić information content (AvgIpc) is 2.31. The van der Waals surface area contributed by atoms with Crippen molar-refractivity contribution in [3.63, 3.8) is 0 Å². The van der Waals surface area contributed by atoms with Crippen LogP contribution in [0.2, 0.25) is 0 Å². The summed E-state index contributed by atoms with van der Waals surface area (Å²) < 4.78 is 30.4. The summed E-state index contributed by atoms with van der Waals surface area (Å²) in [6.07, 6.45) is 3.06. The lowest BCUT2D eigenvalue weighted by Gasteiger charge is -2.42. The van der Waals surface area contributed by atoms with Gasteiger partial charge in [0.25, 0.3) is 0 Å². The van der Waals surface area contributed by atoms with Crippen LogP contribution in [0, 0.1) is 0 Å². The van der Waals surface area contributed by atoms with Gasteiger partial charge in [0.2, 0.25) is 10.0 Å². The highest BCUT2D eigenvalue weighted by Crippen LogP contribution is 2.24. The molecule has 0 aromatic heterocycles. The Labute approximate surface area is 108 Å². The molecule has 3 atom stereocenters. The molecule has 18 heavy (non-hydrogen) atoms. The van der Waals surface area contributed by atoms with E-state index < -0.39 is 16.1 Å². The highest BCUT2D eigenvalue weighted by Gasteiger charge is 2.36. The number of morpholine rings is 1. The monoisotopic (exact) mass is 278 g/mol. The van der Waals surface area contributed by atoms with Gasteiger partial charge in [-0.15, -0.1) is 0 Å². The molecule has 1 saturated carbocycles. The molecule has 0 aromatic carbocycles. The van der Waals surface area contributed by atoms with Gasteiger partial charge in [-0.2, -0.15) is 0 Å². The number of hydrogen-bond donors (Lipinski definition) is 2. The molecule has 2 N–H and O–H groups in total. The van der Waals surface area contributed by atoms with Crippen molar-refractivity contribution in [1.82, 2.24) is 9.62 Å². The Balaban J connectivity index is 1.99. The Morgan fingerprint density at radius 1 is 1.28 bits per heavy atom. The Morgan fingerprint density at radius 3 is 2.56 bits per heavy atom. The van der Waals surface area contributed by atoms with Gasteiger partial charge in [-0.3, -0.25) is 4.90 Å². The van der Waals surface area contributed by atoms with Gasteiger partial charge in [-0.25, -0.2) is 13.1 Å². The molecule has 2 aliphatic rings. The first-order valence-electron chi connectivity index (χ1n) is 6.44. The van der Waals surface area contributed by atoms with E-state index in [1.807, 2.05) is 0 Å². The Morgan fingerprint density at radius 2 is 1.94 bits per heavy atom. The van der Waals surface area contributed by atoms with E-state index in [4.69, 9.17) is 4.74 Å². The fourth-order valence-electron chi connectivity index (χ4n) is 2.87. The third-order valence-electron chi connectivity index (χ3n) is 3.70. The zero-order valence-corrected chi connectivity index (χ0v) is 11.5. The predicted molar refractivity (Wildman–Crippen MR) is 67.8 cm³/mol. The van der Waals surface area contributed by atoms with Gasteiger partial charge in [0.1, 0.15) is 0 Å². The zero-order valence-electron chi connectivity index (χ0n) is 10.7. The van der Waals surface area contributed by atoms with Crippen LogP contribution >= 0.6 is 0 Å². The minimum Gasteiger partial charge on any atom is -0.390 e. The summed E-state index contributed by atoms with van der Waals surface area (Å²) in [5.41, 5.74) is 0. The van der Waals surface area contributed by atoms with Crippen LogP contribution in [0.3, 0.4) is 0 Å². The smallest absolute Gasteiger partial charge is 0.209 e. The van der Waals surface area contributed by atoms with E-state index in [0.717, 1.165) is 32.2 Å². The van der Waals surface area contributed by atoms with Crippen molar-refractivity contribution >= 4 is 10.0 Å². The molecule has 0 bridgehead atoms. The third-order valence-corrected chi connectivity index (χ3v) is 4.43. The van der Waals surface area contributed by atoms with Crippen LogP contribution in [-0.2, 0) is 14.8 Å². The second-order valence-electron chi connectivity index (χ2n) is 5.13. The number of nitrogens with one attached hydrogen (secondary N) is 1. The molecule has 1 saturated heterocycles. The largest absolute Gasteiger partial charge is 0.390 e. The first-order chi connectivity index (χ1) is 8.47. The van der Waals surface area contributed by atoms with Crippen LogP contribution in [-0.4, -0.2) is 69.2 Å². The Hall–Kier alpha value is -0.210. The molecule has 2 fully saturated rings. The minimum atomic E-state index is -3.26. The topological polar surface area (TPSA) is 78.9 Å². The molecule has 6 nitrogen and oxygen atoms in total. The van der Waals surface area contributed by atoms with E-state index in [-0.39, 0.29) is 12.1 Å². The maximum Gasteiger partial charge on any atom is 0.209 e. The predicted octanol–water partition coefficient (Wildman–Crippen LogP) is -0.850. The van der Waals surface area contributed by atoms with Crippen LogP contribution in [0.1, 0.15) is 19.3 Å². The van der Waals surface area contributed by atoms with Crippen LogP contribution < -0.4 is 4.72 Å². The molecule has 0 aromatic rings. The van der Waals surface area contributed by atoms with Gasteiger partial charge in [0.05, 0.1) is 25.6 Å². The normalized spacial score (nSPS) is 35.6. The highest BCUT2D eigenvalue weighted by molar-refractivity contribution is 7.88. The van der Waals surface area contributed by atoms with Crippen LogP contribution in [0.5, 0.6) is 0 Å². The van der Waals surface area contributed by atoms with Crippen molar-refractivity contribution in [1.29, 1.82) is 0 Å². The lowest BCUT2D eigenvalue weighted by Crippen LogP contribution is -2.58. The van der Waals surface area contributed by atoms with E-state index >= 15 is 0 Å². The number of aliphatic hydroxyl groups is 1. The summed E-state index contributed by atoms with van der Waals surface area (Å²) in [6.45, 7) is 3.00. The minimum absolute atomic E-state index is 0.0434. The van der Waals surface area contributed by atoms with Gasteiger partial charge >= 0.3 is 0 Å². The van der Waals surface area contributed by atoms with Gasteiger partial charge in [-0.1, -0.05) is 6.42 Å². The van der Waals surface area contributed by atoms with E-state index in [2.05, 4.69) is 9.62 Å². The Kier molecular flexibility index (Phi) is 4.60. The number of aliphatic hydroxyl groups excluding tert-OH is 1. The second kappa shape index (κ2) is 5.83. The SMILES string of the molecule is CS(=O)(=O)NC1CCCC(N2CCOCC2)C1O. The van der Waals surface area contributed by atoms with E-state index in [1.165, 1.54) is 0 Å². The van der Waals surface area contributed by atoms with E-state index in [9.17, 15) is 13.5 Å². The molecule has 3 unspecified atom stereocenters. The zero-order chi connectivity index (χ0) is 13.2.